The Morgan fingerprint density at radius 3 is 2.58 bits per heavy atom. The Balaban J connectivity index is 1.43. The van der Waals surface area contributed by atoms with E-state index in [9.17, 15) is 4.79 Å². The van der Waals surface area contributed by atoms with Gasteiger partial charge < -0.3 is 10.1 Å². The van der Waals surface area contributed by atoms with Crippen molar-refractivity contribution in [3.63, 3.8) is 0 Å². The molecule has 0 unspecified atom stereocenters. The number of nitrogens with one attached hydrogen (secondary N) is 1. The van der Waals surface area contributed by atoms with Gasteiger partial charge in [0, 0.05) is 18.3 Å². The van der Waals surface area contributed by atoms with Crippen molar-refractivity contribution in [1.82, 2.24) is 10.3 Å². The first-order chi connectivity index (χ1) is 12.7. The number of thiazole rings is 1. The van der Waals surface area contributed by atoms with E-state index in [2.05, 4.69) is 22.4 Å². The molecule has 3 rings (SSSR count). The highest BCUT2D eigenvalue weighted by atomic mass is 32.1. The number of nitrogens with zero attached hydrogens (tertiary/aromatic N) is 1. The highest BCUT2D eigenvalue weighted by molar-refractivity contribution is 7.09. The zero-order chi connectivity index (χ0) is 18.2. The molecule has 0 saturated heterocycles. The quantitative estimate of drug-likeness (QED) is 0.662. The van der Waals surface area contributed by atoms with E-state index in [1.54, 1.807) is 18.4 Å². The lowest BCUT2D eigenvalue weighted by molar-refractivity contribution is -0.120. The number of aromatic nitrogens is 1. The minimum Gasteiger partial charge on any atom is -0.497 e. The maximum absolute atomic E-state index is 12.1. The van der Waals surface area contributed by atoms with Gasteiger partial charge in [-0.3, -0.25) is 4.79 Å². The lowest BCUT2D eigenvalue weighted by Crippen LogP contribution is -2.27. The monoisotopic (exact) mass is 366 g/mol. The van der Waals surface area contributed by atoms with Crippen LogP contribution in [0.5, 0.6) is 5.75 Å². The Hall–Kier alpha value is -2.66. The van der Waals surface area contributed by atoms with E-state index < -0.39 is 0 Å². The van der Waals surface area contributed by atoms with Crippen LogP contribution >= 0.6 is 11.3 Å². The largest absolute Gasteiger partial charge is 0.497 e. The number of amides is 1. The molecule has 0 spiro atoms. The van der Waals surface area contributed by atoms with Crippen LogP contribution in [0.3, 0.4) is 0 Å². The molecule has 0 aliphatic rings. The van der Waals surface area contributed by atoms with E-state index >= 15 is 0 Å². The summed E-state index contributed by atoms with van der Waals surface area (Å²) >= 11 is 1.61. The van der Waals surface area contributed by atoms with Crippen molar-refractivity contribution >= 4 is 17.2 Å². The second kappa shape index (κ2) is 9.15. The van der Waals surface area contributed by atoms with Crippen molar-refractivity contribution in [3.05, 3.63) is 81.8 Å². The zero-order valence-corrected chi connectivity index (χ0v) is 15.6. The third-order valence-corrected chi connectivity index (χ3v) is 4.93. The number of hydrogen-bond donors (Lipinski definition) is 1. The molecule has 0 atom stereocenters. The molecule has 0 radical (unpaired) electrons. The molecule has 2 aromatic carbocycles. The SMILES string of the molecule is COc1ccc(CCNC(=O)Cc2csc(Cc3ccccc3)n2)cc1. The average Bonchev–Trinajstić information content (AvgIpc) is 3.10. The van der Waals surface area contributed by atoms with Gasteiger partial charge in [-0.25, -0.2) is 4.98 Å². The molecule has 5 heteroatoms. The van der Waals surface area contributed by atoms with Crippen molar-refractivity contribution in [2.75, 3.05) is 13.7 Å². The summed E-state index contributed by atoms with van der Waals surface area (Å²) in [6.45, 7) is 0.617. The van der Waals surface area contributed by atoms with Gasteiger partial charge in [0.05, 0.1) is 24.2 Å². The zero-order valence-electron chi connectivity index (χ0n) is 14.8. The summed E-state index contributed by atoms with van der Waals surface area (Å²) in [4.78, 5) is 16.7. The highest BCUT2D eigenvalue weighted by Crippen LogP contribution is 2.15. The van der Waals surface area contributed by atoms with Crippen LogP contribution < -0.4 is 10.1 Å². The van der Waals surface area contributed by atoms with Gasteiger partial charge in [0.1, 0.15) is 5.75 Å². The average molecular weight is 366 g/mol. The van der Waals surface area contributed by atoms with Gasteiger partial charge >= 0.3 is 0 Å². The number of ether oxygens (including phenoxy) is 1. The van der Waals surface area contributed by atoms with E-state index in [4.69, 9.17) is 4.74 Å². The van der Waals surface area contributed by atoms with Gasteiger partial charge in [0.25, 0.3) is 0 Å². The number of carbonyl (C=O) groups excluding carboxylic acids is 1. The third kappa shape index (κ3) is 5.43. The molecule has 0 aliphatic carbocycles. The third-order valence-electron chi connectivity index (χ3n) is 4.03. The minimum absolute atomic E-state index is 0.00933. The number of benzene rings is 2. The Kier molecular flexibility index (Phi) is 6.39. The Morgan fingerprint density at radius 2 is 1.85 bits per heavy atom. The van der Waals surface area contributed by atoms with E-state index in [0.717, 1.165) is 29.3 Å². The number of carbonyl (C=O) groups is 1. The molecule has 0 fully saturated rings. The van der Waals surface area contributed by atoms with Gasteiger partial charge in [0.2, 0.25) is 5.91 Å². The van der Waals surface area contributed by atoms with Crippen LogP contribution in [0.1, 0.15) is 21.8 Å². The highest BCUT2D eigenvalue weighted by Gasteiger charge is 2.08. The summed E-state index contributed by atoms with van der Waals surface area (Å²) in [6, 6.07) is 18.1. The van der Waals surface area contributed by atoms with Crippen molar-refractivity contribution in [1.29, 1.82) is 0 Å². The van der Waals surface area contributed by atoms with Gasteiger partial charge in [0.15, 0.2) is 0 Å². The molecule has 0 bridgehead atoms. The van der Waals surface area contributed by atoms with Crippen LogP contribution in [-0.4, -0.2) is 24.5 Å². The Bertz CT molecular complexity index is 829. The first-order valence-corrected chi connectivity index (χ1v) is 9.48. The number of hydrogen-bond acceptors (Lipinski definition) is 4. The number of methoxy groups -OCH3 is 1. The summed E-state index contributed by atoms with van der Waals surface area (Å²) in [5, 5.41) is 5.97. The minimum atomic E-state index is 0.00933. The molecular weight excluding hydrogens is 344 g/mol. The number of rotatable bonds is 8. The molecular formula is C21H22N2O2S. The summed E-state index contributed by atoms with van der Waals surface area (Å²) in [7, 11) is 1.65. The molecule has 0 saturated carbocycles. The normalized spacial score (nSPS) is 10.5. The van der Waals surface area contributed by atoms with Crippen LogP contribution in [0.2, 0.25) is 0 Å². The first-order valence-electron chi connectivity index (χ1n) is 8.60. The molecule has 1 aromatic heterocycles. The maximum atomic E-state index is 12.1. The summed E-state index contributed by atoms with van der Waals surface area (Å²) < 4.78 is 5.14. The van der Waals surface area contributed by atoms with Crippen molar-refractivity contribution in [3.8, 4) is 5.75 Å². The summed E-state index contributed by atoms with van der Waals surface area (Å²) in [5.41, 5.74) is 3.24. The standard InChI is InChI=1S/C21H22N2O2S/c1-25-19-9-7-16(8-10-19)11-12-22-20(24)14-18-15-26-21(23-18)13-17-5-3-2-4-6-17/h2-10,15H,11-14H2,1H3,(H,22,24). The van der Waals surface area contributed by atoms with E-state index in [1.165, 1.54) is 11.1 Å². The topological polar surface area (TPSA) is 51.2 Å². The van der Waals surface area contributed by atoms with Gasteiger partial charge in [-0.15, -0.1) is 11.3 Å². The second-order valence-corrected chi connectivity index (χ2v) is 6.96. The van der Waals surface area contributed by atoms with Crippen LogP contribution in [0.25, 0.3) is 0 Å². The van der Waals surface area contributed by atoms with Crippen LogP contribution in [0.15, 0.2) is 60.0 Å². The molecule has 26 heavy (non-hydrogen) atoms. The molecule has 134 valence electrons. The predicted molar refractivity (Wildman–Crippen MR) is 105 cm³/mol. The van der Waals surface area contributed by atoms with Crippen molar-refractivity contribution < 1.29 is 9.53 Å². The van der Waals surface area contributed by atoms with Crippen LogP contribution in [0.4, 0.5) is 0 Å². The molecule has 1 N–H and O–H groups in total. The Morgan fingerprint density at radius 1 is 1.08 bits per heavy atom. The molecule has 3 aromatic rings. The fraction of sp³-hybridized carbons (Fsp3) is 0.238. The summed E-state index contributed by atoms with van der Waals surface area (Å²) in [5.74, 6) is 0.850. The second-order valence-electron chi connectivity index (χ2n) is 6.02. The van der Waals surface area contributed by atoms with Crippen LogP contribution in [-0.2, 0) is 24.1 Å². The molecule has 0 aliphatic heterocycles. The van der Waals surface area contributed by atoms with E-state index in [-0.39, 0.29) is 5.91 Å². The predicted octanol–water partition coefficient (Wildman–Crippen LogP) is 3.64. The molecule has 1 heterocycles. The molecule has 4 nitrogen and oxygen atoms in total. The smallest absolute Gasteiger partial charge is 0.226 e. The lowest BCUT2D eigenvalue weighted by atomic mass is 10.1. The summed E-state index contributed by atoms with van der Waals surface area (Å²) in [6.07, 6.45) is 1.94. The Labute approximate surface area is 157 Å². The van der Waals surface area contributed by atoms with Gasteiger partial charge in [-0.1, -0.05) is 42.5 Å². The fourth-order valence-electron chi connectivity index (χ4n) is 2.65. The van der Waals surface area contributed by atoms with E-state index in [1.807, 2.05) is 47.8 Å². The van der Waals surface area contributed by atoms with Gasteiger partial charge in [-0.2, -0.15) is 0 Å². The van der Waals surface area contributed by atoms with Crippen molar-refractivity contribution in [2.24, 2.45) is 0 Å². The lowest BCUT2D eigenvalue weighted by Gasteiger charge is -2.05. The fourth-order valence-corrected chi connectivity index (χ4v) is 3.48. The van der Waals surface area contributed by atoms with E-state index in [0.29, 0.717) is 13.0 Å². The maximum Gasteiger partial charge on any atom is 0.226 e. The first kappa shape index (κ1) is 18.1. The van der Waals surface area contributed by atoms with Crippen molar-refractivity contribution in [2.45, 2.75) is 19.3 Å². The van der Waals surface area contributed by atoms with Crippen LogP contribution in [0, 0.1) is 0 Å². The molecule has 1 amide bonds. The van der Waals surface area contributed by atoms with Gasteiger partial charge in [-0.05, 0) is 29.7 Å².